The first-order chi connectivity index (χ1) is 7.42. The van der Waals surface area contributed by atoms with Crippen molar-refractivity contribution in [3.8, 4) is 0 Å². The molecule has 0 N–H and O–H groups in total. The van der Waals surface area contributed by atoms with Gasteiger partial charge in [-0.15, -0.1) is 11.8 Å². The van der Waals surface area contributed by atoms with Crippen LogP contribution in [0.4, 0.5) is 0 Å². The van der Waals surface area contributed by atoms with Gasteiger partial charge in [-0.3, -0.25) is 4.79 Å². The Labute approximate surface area is 102 Å². The molecule has 90 valence electrons. The molecule has 0 aliphatic rings. The fourth-order valence-corrected chi connectivity index (χ4v) is 2.02. The molecule has 0 aliphatic heterocycles. The van der Waals surface area contributed by atoms with Crippen LogP contribution in [0.3, 0.4) is 0 Å². The largest absolute Gasteiger partial charge is 0.335 e. The summed E-state index contributed by atoms with van der Waals surface area (Å²) in [5.41, 5.74) is 0. The molecule has 0 aliphatic carbocycles. The van der Waals surface area contributed by atoms with Crippen LogP contribution in [0.25, 0.3) is 0 Å². The van der Waals surface area contributed by atoms with Crippen molar-refractivity contribution in [2.75, 3.05) is 5.75 Å². The molecular formula is C12H20N2OS. The molecule has 0 saturated carbocycles. The molecule has 1 aromatic heterocycles. The van der Waals surface area contributed by atoms with E-state index in [-0.39, 0.29) is 10.5 Å². The van der Waals surface area contributed by atoms with Crippen LogP contribution in [0, 0.1) is 0 Å². The van der Waals surface area contributed by atoms with E-state index in [9.17, 15) is 4.79 Å². The van der Waals surface area contributed by atoms with E-state index in [0.29, 0.717) is 12.2 Å². The zero-order valence-electron chi connectivity index (χ0n) is 10.5. The van der Waals surface area contributed by atoms with Crippen LogP contribution in [0.15, 0.2) is 12.4 Å². The third-order valence-electron chi connectivity index (χ3n) is 2.16. The second-order valence-corrected chi connectivity index (χ2v) is 6.55. The molecule has 0 spiro atoms. The molecule has 0 unspecified atom stereocenters. The molecule has 1 aromatic rings. The Hall–Kier alpha value is -0.770. The summed E-state index contributed by atoms with van der Waals surface area (Å²) in [4.78, 5) is 16.0. The molecule has 1 heterocycles. The van der Waals surface area contributed by atoms with Crippen molar-refractivity contribution in [1.82, 2.24) is 9.55 Å². The number of Topliss-reactive ketones (excluding diaryl/α,β-unsaturated/α-hetero) is 1. The van der Waals surface area contributed by atoms with Gasteiger partial charge in [0.05, 0.1) is 12.2 Å². The zero-order valence-corrected chi connectivity index (χ0v) is 11.3. The average Bonchev–Trinajstić information content (AvgIpc) is 2.61. The summed E-state index contributed by atoms with van der Waals surface area (Å²) < 4.78 is 2.16. The molecule has 0 fully saturated rings. The summed E-state index contributed by atoms with van der Waals surface area (Å²) in [6, 6.07) is 0. The number of nitrogens with zero attached hydrogens (tertiary/aromatic N) is 2. The van der Waals surface area contributed by atoms with Crippen LogP contribution < -0.4 is 0 Å². The van der Waals surface area contributed by atoms with Crippen LogP contribution in [0.5, 0.6) is 0 Å². The molecule has 0 saturated heterocycles. The van der Waals surface area contributed by atoms with Gasteiger partial charge in [0, 0.05) is 23.7 Å². The average molecular weight is 240 g/mol. The molecule has 1 rings (SSSR count). The number of aromatic nitrogens is 2. The summed E-state index contributed by atoms with van der Waals surface area (Å²) in [6.45, 7) is 9.29. The molecule has 4 heteroatoms. The van der Waals surface area contributed by atoms with Gasteiger partial charge < -0.3 is 4.57 Å². The van der Waals surface area contributed by atoms with E-state index < -0.39 is 0 Å². The second-order valence-electron chi connectivity index (χ2n) is 4.75. The quantitative estimate of drug-likeness (QED) is 0.793. The van der Waals surface area contributed by atoms with E-state index in [0.717, 1.165) is 12.4 Å². The molecule has 16 heavy (non-hydrogen) atoms. The smallest absolute Gasteiger partial charge is 0.150 e. The highest BCUT2D eigenvalue weighted by atomic mass is 32.2. The summed E-state index contributed by atoms with van der Waals surface area (Å²) >= 11 is 1.69. The topological polar surface area (TPSA) is 34.9 Å². The van der Waals surface area contributed by atoms with Crippen molar-refractivity contribution in [3.63, 3.8) is 0 Å². The van der Waals surface area contributed by atoms with Crippen molar-refractivity contribution in [2.24, 2.45) is 0 Å². The molecule has 0 amide bonds. The summed E-state index contributed by atoms with van der Waals surface area (Å²) in [7, 11) is 0. The SMILES string of the molecule is CCn1ccnc1CC(=O)CSC(C)(C)C. The maximum Gasteiger partial charge on any atom is 0.150 e. The van der Waals surface area contributed by atoms with Crippen LogP contribution in [-0.4, -0.2) is 25.8 Å². The van der Waals surface area contributed by atoms with Crippen molar-refractivity contribution in [1.29, 1.82) is 0 Å². The first kappa shape index (κ1) is 13.3. The number of aryl methyl sites for hydroxylation is 1. The van der Waals surface area contributed by atoms with Gasteiger partial charge in [-0.1, -0.05) is 20.8 Å². The number of thioether (sulfide) groups is 1. The molecule has 0 aromatic carbocycles. The summed E-state index contributed by atoms with van der Waals surface area (Å²) in [5.74, 6) is 1.70. The van der Waals surface area contributed by atoms with Gasteiger partial charge in [0.25, 0.3) is 0 Å². The minimum atomic E-state index is 0.149. The summed E-state index contributed by atoms with van der Waals surface area (Å²) in [5, 5.41) is 0. The minimum Gasteiger partial charge on any atom is -0.335 e. The standard InChI is InChI=1S/C12H20N2OS/c1-5-14-7-6-13-11(14)8-10(15)9-16-12(2,3)4/h6-7H,5,8-9H2,1-4H3. The van der Waals surface area contributed by atoms with Gasteiger partial charge in [-0.25, -0.2) is 4.98 Å². The lowest BCUT2D eigenvalue weighted by Gasteiger charge is -2.16. The highest BCUT2D eigenvalue weighted by Crippen LogP contribution is 2.23. The van der Waals surface area contributed by atoms with E-state index in [1.807, 2.05) is 10.8 Å². The minimum absolute atomic E-state index is 0.149. The molecule has 0 bridgehead atoms. The van der Waals surface area contributed by atoms with Crippen LogP contribution in [0.2, 0.25) is 0 Å². The lowest BCUT2D eigenvalue weighted by molar-refractivity contribution is -0.116. The van der Waals surface area contributed by atoms with E-state index in [1.54, 1.807) is 18.0 Å². The maximum atomic E-state index is 11.8. The highest BCUT2D eigenvalue weighted by Gasteiger charge is 2.14. The van der Waals surface area contributed by atoms with E-state index in [2.05, 4.69) is 32.7 Å². The maximum absolute atomic E-state index is 11.8. The van der Waals surface area contributed by atoms with E-state index in [1.165, 1.54) is 0 Å². The molecule has 3 nitrogen and oxygen atoms in total. The highest BCUT2D eigenvalue weighted by molar-refractivity contribution is 8.01. The number of rotatable bonds is 5. The Bertz CT molecular complexity index is 352. The van der Waals surface area contributed by atoms with Crippen LogP contribution >= 0.6 is 11.8 Å². The number of imidazole rings is 1. The fraction of sp³-hybridized carbons (Fsp3) is 0.667. The van der Waals surface area contributed by atoms with Gasteiger partial charge in [0.1, 0.15) is 11.6 Å². The third-order valence-corrected chi connectivity index (χ3v) is 3.50. The predicted octanol–water partition coefficient (Wildman–Crippen LogP) is 2.55. The first-order valence-corrected chi connectivity index (χ1v) is 6.56. The predicted molar refractivity (Wildman–Crippen MR) is 68.8 cm³/mol. The van der Waals surface area contributed by atoms with Crippen LogP contribution in [-0.2, 0) is 17.8 Å². The van der Waals surface area contributed by atoms with Gasteiger partial charge in [0.15, 0.2) is 0 Å². The van der Waals surface area contributed by atoms with Crippen molar-refractivity contribution < 1.29 is 4.79 Å². The number of carbonyl (C=O) groups excluding carboxylic acids is 1. The van der Waals surface area contributed by atoms with Gasteiger partial charge in [-0.05, 0) is 6.92 Å². The van der Waals surface area contributed by atoms with Gasteiger partial charge in [-0.2, -0.15) is 0 Å². The van der Waals surface area contributed by atoms with Crippen LogP contribution in [0.1, 0.15) is 33.5 Å². The first-order valence-electron chi connectivity index (χ1n) is 5.58. The normalized spacial score (nSPS) is 11.8. The van der Waals surface area contributed by atoms with Crippen molar-refractivity contribution in [2.45, 2.75) is 45.4 Å². The van der Waals surface area contributed by atoms with Gasteiger partial charge in [0.2, 0.25) is 0 Å². The van der Waals surface area contributed by atoms with Crippen molar-refractivity contribution in [3.05, 3.63) is 18.2 Å². The van der Waals surface area contributed by atoms with Gasteiger partial charge >= 0.3 is 0 Å². The Morgan fingerprint density at radius 1 is 1.50 bits per heavy atom. The Kier molecular flexibility index (Phi) is 4.59. The second kappa shape index (κ2) is 5.53. The summed E-state index contributed by atoms with van der Waals surface area (Å²) in [6.07, 6.45) is 4.12. The van der Waals surface area contributed by atoms with E-state index in [4.69, 9.17) is 0 Å². The molecular weight excluding hydrogens is 220 g/mol. The van der Waals surface area contributed by atoms with Crippen molar-refractivity contribution >= 4 is 17.5 Å². The number of hydrogen-bond acceptors (Lipinski definition) is 3. The lowest BCUT2D eigenvalue weighted by Crippen LogP contribution is -2.16. The fourth-order valence-electron chi connectivity index (χ4n) is 1.32. The number of ketones is 1. The number of carbonyl (C=O) groups is 1. The monoisotopic (exact) mass is 240 g/mol. The zero-order chi connectivity index (χ0) is 12.2. The third kappa shape index (κ3) is 4.39. The molecule has 0 atom stereocenters. The Balaban J connectivity index is 2.46. The Morgan fingerprint density at radius 3 is 2.75 bits per heavy atom. The number of hydrogen-bond donors (Lipinski definition) is 0. The lowest BCUT2D eigenvalue weighted by atomic mass is 10.3. The molecule has 0 radical (unpaired) electrons. The van der Waals surface area contributed by atoms with E-state index >= 15 is 0 Å². The Morgan fingerprint density at radius 2 is 2.19 bits per heavy atom.